The van der Waals surface area contributed by atoms with Crippen LogP contribution in [0.2, 0.25) is 0 Å². The van der Waals surface area contributed by atoms with Gasteiger partial charge in [0.1, 0.15) is 11.4 Å². The van der Waals surface area contributed by atoms with Gasteiger partial charge >= 0.3 is 23.9 Å². The molecule has 0 radical (unpaired) electrons. The number of imidazole rings is 1. The van der Waals surface area contributed by atoms with Crippen LogP contribution < -0.4 is 5.32 Å². The minimum Gasteiger partial charge on any atom is -0.338 e. The number of anilines is 1. The van der Waals surface area contributed by atoms with Gasteiger partial charge in [0.05, 0.1) is 12.2 Å². The van der Waals surface area contributed by atoms with Gasteiger partial charge in [-0.3, -0.25) is 4.99 Å². The average Bonchev–Trinajstić information content (AvgIpc) is 3.30. The smallest absolute Gasteiger partial charge is 0.338 e. The number of carbonyl (C=O) groups is 4. The lowest BCUT2D eigenvalue weighted by Crippen LogP contribution is -2.56. The minimum atomic E-state index is -6.18. The third kappa shape index (κ3) is 4.16. The zero-order valence-electron chi connectivity index (χ0n) is 22.2. The van der Waals surface area contributed by atoms with Crippen LogP contribution in [-0.2, 0) is 48.8 Å². The molecule has 41 heavy (non-hydrogen) atoms. The summed E-state index contributed by atoms with van der Waals surface area (Å²) in [5.41, 5.74) is 5.39. The molecule has 0 fully saturated rings. The van der Waals surface area contributed by atoms with E-state index in [4.69, 9.17) is 21.7 Å². The summed E-state index contributed by atoms with van der Waals surface area (Å²) in [4.78, 5) is 60.2. The van der Waals surface area contributed by atoms with E-state index in [1.807, 2.05) is 44.3 Å². The van der Waals surface area contributed by atoms with E-state index in [1.165, 1.54) is 0 Å². The van der Waals surface area contributed by atoms with Gasteiger partial charge < -0.3 is 26.4 Å². The first-order valence-electron chi connectivity index (χ1n) is 12.8. The van der Waals surface area contributed by atoms with Crippen molar-refractivity contribution in [3.8, 4) is 0 Å². The number of amidine groups is 1. The fourth-order valence-corrected chi connectivity index (χ4v) is 9.20. The van der Waals surface area contributed by atoms with Crippen LogP contribution >= 0.6 is 9.42 Å². The molecule has 1 aromatic carbocycles. The maximum Gasteiger partial charge on any atom is 0.347 e. The van der Waals surface area contributed by atoms with Crippen molar-refractivity contribution in [2.75, 3.05) is 17.6 Å². The van der Waals surface area contributed by atoms with Crippen molar-refractivity contribution in [1.29, 1.82) is 0 Å². The number of hydrogen-bond acceptors (Lipinski definition) is 11. The number of carbonyl (C=O) groups excluding carboxylic acids is 4. The van der Waals surface area contributed by atoms with E-state index in [1.54, 1.807) is 12.1 Å². The number of rotatable bonds is 4. The first-order chi connectivity index (χ1) is 19.5. The molecule has 12 nitrogen and oxygen atoms in total. The van der Waals surface area contributed by atoms with Crippen molar-refractivity contribution in [3.63, 3.8) is 0 Å². The summed E-state index contributed by atoms with van der Waals surface area (Å²) >= 11 is 0. The van der Waals surface area contributed by atoms with Crippen molar-refractivity contribution in [2.24, 2.45) is 4.99 Å². The van der Waals surface area contributed by atoms with Gasteiger partial charge in [0, 0.05) is 41.9 Å². The van der Waals surface area contributed by atoms with Crippen LogP contribution in [0.25, 0.3) is 5.65 Å². The second kappa shape index (κ2) is 8.80. The first kappa shape index (κ1) is 26.3. The Bertz CT molecular complexity index is 1690. The predicted molar refractivity (Wildman–Crippen MR) is 150 cm³/mol. The van der Waals surface area contributed by atoms with Crippen molar-refractivity contribution >= 4 is 49.8 Å². The highest BCUT2D eigenvalue weighted by atomic mass is 32.4. The predicted octanol–water partition coefficient (Wildman–Crippen LogP) is 3.37. The molecule has 212 valence electrons. The highest BCUT2D eigenvalue weighted by Crippen LogP contribution is 2.95. The molecule has 13 heteroatoms. The van der Waals surface area contributed by atoms with Crippen molar-refractivity contribution < 1.29 is 35.9 Å². The Morgan fingerprint density at radius 2 is 1.49 bits per heavy atom. The van der Waals surface area contributed by atoms with Crippen LogP contribution in [0.4, 0.5) is 5.69 Å². The van der Waals surface area contributed by atoms with Crippen LogP contribution in [0.15, 0.2) is 71.9 Å². The average molecular weight is 579 g/mol. The molecule has 0 atom stereocenters. The molecule has 0 unspecified atom stereocenters. The van der Waals surface area contributed by atoms with Gasteiger partial charge in [-0.05, 0) is 62.1 Å². The Labute approximate surface area is 233 Å². The maximum absolute atomic E-state index is 12.8. The molecule has 0 aliphatic carbocycles. The third-order valence-corrected chi connectivity index (χ3v) is 11.5. The second-order valence-corrected chi connectivity index (χ2v) is 14.1. The summed E-state index contributed by atoms with van der Waals surface area (Å²) < 4.78 is 24.7. The van der Waals surface area contributed by atoms with E-state index in [9.17, 15) is 19.2 Å². The number of fused-ring (bicyclic) bond motifs is 1. The van der Waals surface area contributed by atoms with Crippen molar-refractivity contribution in [2.45, 2.75) is 26.7 Å². The highest BCUT2D eigenvalue weighted by Gasteiger charge is 2.79. The molecule has 6 rings (SSSR count). The molecular weight excluding hydrogens is 552 g/mol. The van der Waals surface area contributed by atoms with E-state index in [2.05, 4.69) is 14.7 Å². The van der Waals surface area contributed by atoms with E-state index >= 15 is 0 Å². The number of nitrogens with one attached hydrogen (secondary N) is 1. The summed E-state index contributed by atoms with van der Waals surface area (Å²) in [7, 11) is -6.18. The minimum absolute atomic E-state index is 0.142. The lowest BCUT2D eigenvalue weighted by Gasteiger charge is -2.68. The molecule has 3 aromatic rings. The van der Waals surface area contributed by atoms with Gasteiger partial charge in [-0.2, -0.15) is 0 Å². The summed E-state index contributed by atoms with van der Waals surface area (Å²) in [5.74, 6) is -4.94. The third-order valence-electron chi connectivity index (χ3n) is 7.03. The number of aromatic nitrogens is 2. The maximum atomic E-state index is 12.8. The van der Waals surface area contributed by atoms with Crippen molar-refractivity contribution in [3.05, 3.63) is 89.4 Å². The van der Waals surface area contributed by atoms with Gasteiger partial charge in [0.25, 0.3) is 5.17 Å². The molecule has 1 spiro atoms. The van der Waals surface area contributed by atoms with Gasteiger partial charge in [-0.1, -0.05) is 12.1 Å². The van der Waals surface area contributed by atoms with E-state index in [-0.39, 0.29) is 11.7 Å². The monoisotopic (exact) mass is 578 g/mol. The fourth-order valence-electron chi connectivity index (χ4n) is 5.10. The zero-order chi connectivity index (χ0) is 28.9. The number of benzene rings is 1. The Balaban J connectivity index is 1.34. The lowest BCUT2D eigenvalue weighted by molar-refractivity contribution is -0.142. The summed E-state index contributed by atoms with van der Waals surface area (Å²) in [5, 5.41) is 2.60. The van der Waals surface area contributed by atoms with Gasteiger partial charge in [-0.15, -0.1) is 0 Å². The molecule has 2 aromatic heterocycles. The molecule has 5 heterocycles. The van der Waals surface area contributed by atoms with Gasteiger partial charge in [0.15, 0.2) is 0 Å². The number of pyridine rings is 1. The molecule has 1 N–H and O–H groups in total. The van der Waals surface area contributed by atoms with Crippen molar-refractivity contribution in [1.82, 2.24) is 9.38 Å². The SMILES string of the molecule is Cc1ccn2c(C)c(CCc3cccc(NC4=NCCS456(OC(=O)C=CC(=O)O5)OC(=O)C=CC(=O)O6)c3)nc2c1. The fraction of sp³-hybridized carbons (Fsp3) is 0.214. The zero-order valence-corrected chi connectivity index (χ0v) is 23.0. The summed E-state index contributed by atoms with van der Waals surface area (Å²) in [6.07, 6.45) is 6.51. The summed E-state index contributed by atoms with van der Waals surface area (Å²) in [6.45, 7) is 3.91. The van der Waals surface area contributed by atoms with Gasteiger partial charge in [0.2, 0.25) is 9.42 Å². The van der Waals surface area contributed by atoms with Crippen LogP contribution in [0.5, 0.6) is 0 Å². The quantitative estimate of drug-likeness (QED) is 0.489. The normalized spacial score (nSPS) is 21.9. The standard InChI is InChI=1S/C28H26N4O8S/c1-18-12-14-32-19(2)22(31-23(32)16-18)7-6-20-4-3-5-21(17-20)30-28-29-13-15-41(28,37-24(33)8-9-25(34)38-41)39-26(35)10-11-27(36)40-41/h3-5,8-12,14,16-17H,6-7,13,15H2,1-2H3,(H,29,30). The van der Waals surface area contributed by atoms with E-state index in [0.717, 1.165) is 52.5 Å². The molecule has 0 saturated carbocycles. The van der Waals surface area contributed by atoms with Crippen LogP contribution in [-0.4, -0.2) is 50.7 Å². The molecule has 0 saturated heterocycles. The highest BCUT2D eigenvalue weighted by molar-refractivity contribution is 8.62. The molecule has 3 aliphatic heterocycles. The Morgan fingerprint density at radius 1 is 0.854 bits per heavy atom. The van der Waals surface area contributed by atoms with Crippen LogP contribution in [0, 0.1) is 13.8 Å². The Morgan fingerprint density at radius 3 is 2.12 bits per heavy atom. The van der Waals surface area contributed by atoms with E-state index < -0.39 is 39.0 Å². The van der Waals surface area contributed by atoms with Gasteiger partial charge in [-0.25, -0.2) is 24.2 Å². The molecule has 3 aliphatic rings. The topological polar surface area (TPSA) is 147 Å². The number of nitrogens with zero attached hydrogens (tertiary/aromatic N) is 3. The molecular formula is C28H26N4O8S. The van der Waals surface area contributed by atoms with Crippen LogP contribution in [0.3, 0.4) is 0 Å². The first-order valence-corrected chi connectivity index (χ1v) is 15.1. The Hall–Kier alpha value is -4.91. The largest absolute Gasteiger partial charge is 0.347 e. The Kier molecular flexibility index (Phi) is 5.65. The summed E-state index contributed by atoms with van der Waals surface area (Å²) in [6, 6.07) is 11.3. The van der Waals surface area contributed by atoms with E-state index in [0.29, 0.717) is 18.5 Å². The lowest BCUT2D eigenvalue weighted by atomic mass is 10.1. The van der Waals surface area contributed by atoms with Crippen LogP contribution in [0.1, 0.15) is 22.5 Å². The number of hydrogen-bond donors (Lipinski definition) is 1. The molecule has 0 bridgehead atoms. The number of aliphatic imine (C=N–C) groups is 1. The number of aryl methyl sites for hydroxylation is 4. The molecule has 0 amide bonds. The second-order valence-electron chi connectivity index (χ2n) is 9.93.